The zero-order chi connectivity index (χ0) is 14.1. The largest absolute Gasteiger partial charge is 0.374 e. The van der Waals surface area contributed by atoms with Gasteiger partial charge in [0.1, 0.15) is 0 Å². The molecule has 1 amide bonds. The van der Waals surface area contributed by atoms with Gasteiger partial charge in [0.05, 0.1) is 5.25 Å². The summed E-state index contributed by atoms with van der Waals surface area (Å²) >= 11 is 2.72. The van der Waals surface area contributed by atoms with Crippen LogP contribution in [0.1, 0.15) is 12.5 Å². The van der Waals surface area contributed by atoms with Crippen molar-refractivity contribution in [2.24, 2.45) is 0 Å². The molecule has 0 radical (unpaired) electrons. The van der Waals surface area contributed by atoms with Gasteiger partial charge in [0.25, 0.3) is 0 Å². The Morgan fingerprint density at radius 1 is 1.45 bits per heavy atom. The first-order chi connectivity index (χ1) is 9.65. The standard InChI is InChI=1S/C13H14N4OS2/c1-8(19-13-16-15-12(14)20-13)11(18)17-7-6-9-4-2-3-5-10(9)17/h2-5,8H,6-7H2,1H3,(H2,14,15)/t8-/m1/s1. The van der Waals surface area contributed by atoms with E-state index in [1.54, 1.807) is 0 Å². The predicted molar refractivity (Wildman–Crippen MR) is 82.1 cm³/mol. The van der Waals surface area contributed by atoms with Crippen molar-refractivity contribution in [1.82, 2.24) is 10.2 Å². The Morgan fingerprint density at radius 3 is 3.00 bits per heavy atom. The van der Waals surface area contributed by atoms with Crippen LogP contribution in [0.3, 0.4) is 0 Å². The van der Waals surface area contributed by atoms with Gasteiger partial charge in [-0.1, -0.05) is 41.3 Å². The number of rotatable bonds is 3. The molecule has 5 nitrogen and oxygen atoms in total. The number of aromatic nitrogens is 2. The van der Waals surface area contributed by atoms with Crippen molar-refractivity contribution in [3.05, 3.63) is 29.8 Å². The maximum atomic E-state index is 12.5. The van der Waals surface area contributed by atoms with Crippen molar-refractivity contribution >= 4 is 39.8 Å². The summed E-state index contributed by atoms with van der Waals surface area (Å²) in [5.74, 6) is 0.105. The van der Waals surface area contributed by atoms with Gasteiger partial charge in [0.2, 0.25) is 11.0 Å². The van der Waals surface area contributed by atoms with Crippen molar-refractivity contribution in [2.75, 3.05) is 17.2 Å². The summed E-state index contributed by atoms with van der Waals surface area (Å²) in [6.45, 7) is 2.65. The minimum Gasteiger partial charge on any atom is -0.374 e. The number of anilines is 2. The fourth-order valence-corrected chi connectivity index (χ4v) is 4.10. The van der Waals surface area contributed by atoms with Gasteiger partial charge in [-0.2, -0.15) is 0 Å². The summed E-state index contributed by atoms with van der Waals surface area (Å²) in [5.41, 5.74) is 7.82. The monoisotopic (exact) mass is 306 g/mol. The second-order valence-corrected chi connectivity index (χ2v) is 7.13. The Bertz CT molecular complexity index is 643. The van der Waals surface area contributed by atoms with Gasteiger partial charge in [-0.25, -0.2) is 0 Å². The molecule has 0 fully saturated rings. The number of hydrogen-bond donors (Lipinski definition) is 1. The second-order valence-electron chi connectivity index (χ2n) is 4.53. The van der Waals surface area contributed by atoms with E-state index in [0.29, 0.717) is 5.13 Å². The molecule has 1 atom stereocenters. The highest BCUT2D eigenvalue weighted by Gasteiger charge is 2.28. The van der Waals surface area contributed by atoms with Crippen LogP contribution in [0.2, 0.25) is 0 Å². The van der Waals surface area contributed by atoms with Gasteiger partial charge < -0.3 is 10.6 Å². The summed E-state index contributed by atoms with van der Waals surface area (Å²) in [4.78, 5) is 14.4. The normalized spacial score (nSPS) is 15.2. The van der Waals surface area contributed by atoms with E-state index in [1.165, 1.54) is 28.7 Å². The second kappa shape index (κ2) is 5.41. The first kappa shape index (κ1) is 13.4. The number of hydrogen-bond acceptors (Lipinski definition) is 6. The zero-order valence-corrected chi connectivity index (χ0v) is 12.6. The van der Waals surface area contributed by atoms with Crippen molar-refractivity contribution in [1.29, 1.82) is 0 Å². The average Bonchev–Trinajstić information content (AvgIpc) is 3.04. The maximum Gasteiger partial charge on any atom is 0.240 e. The highest BCUT2D eigenvalue weighted by Crippen LogP contribution is 2.32. The van der Waals surface area contributed by atoms with Crippen molar-refractivity contribution < 1.29 is 4.79 Å². The smallest absolute Gasteiger partial charge is 0.240 e. The molecular weight excluding hydrogens is 292 g/mol. The molecule has 0 bridgehead atoms. The van der Waals surface area contributed by atoms with Crippen LogP contribution in [0.25, 0.3) is 0 Å². The molecule has 2 heterocycles. The van der Waals surface area contributed by atoms with E-state index in [9.17, 15) is 4.79 Å². The van der Waals surface area contributed by atoms with E-state index in [4.69, 9.17) is 5.73 Å². The highest BCUT2D eigenvalue weighted by atomic mass is 32.2. The Kier molecular flexibility index (Phi) is 3.62. The Balaban J connectivity index is 1.73. The molecule has 3 rings (SSSR count). The van der Waals surface area contributed by atoms with Crippen molar-refractivity contribution in [3.63, 3.8) is 0 Å². The fourth-order valence-electron chi connectivity index (χ4n) is 2.26. The quantitative estimate of drug-likeness (QED) is 0.880. The van der Waals surface area contributed by atoms with Crippen LogP contribution < -0.4 is 10.6 Å². The van der Waals surface area contributed by atoms with Gasteiger partial charge in [0.15, 0.2) is 4.34 Å². The van der Waals surface area contributed by atoms with Crippen LogP contribution in [0, 0.1) is 0 Å². The summed E-state index contributed by atoms with van der Waals surface area (Å²) < 4.78 is 0.732. The summed E-state index contributed by atoms with van der Waals surface area (Å²) in [7, 11) is 0. The third-order valence-corrected chi connectivity index (χ3v) is 5.12. The van der Waals surface area contributed by atoms with Crippen LogP contribution in [-0.2, 0) is 11.2 Å². The minimum atomic E-state index is -0.200. The predicted octanol–water partition coefficient (Wildman–Crippen LogP) is 2.19. The van der Waals surface area contributed by atoms with Gasteiger partial charge in [0, 0.05) is 12.2 Å². The van der Waals surface area contributed by atoms with Gasteiger partial charge in [-0.15, -0.1) is 10.2 Å². The zero-order valence-electron chi connectivity index (χ0n) is 10.9. The summed E-state index contributed by atoms with van der Waals surface area (Å²) in [6, 6.07) is 8.05. The molecular formula is C13H14N4OS2. The minimum absolute atomic E-state index is 0.105. The van der Waals surface area contributed by atoms with E-state index < -0.39 is 0 Å². The molecule has 7 heteroatoms. The van der Waals surface area contributed by atoms with Crippen LogP contribution in [0.5, 0.6) is 0 Å². The maximum absolute atomic E-state index is 12.5. The molecule has 1 aromatic carbocycles. The van der Waals surface area contributed by atoms with E-state index in [2.05, 4.69) is 16.3 Å². The third-order valence-electron chi connectivity index (χ3n) is 3.20. The van der Waals surface area contributed by atoms with Gasteiger partial charge in [-0.3, -0.25) is 4.79 Å². The number of nitrogen functional groups attached to an aromatic ring is 1. The van der Waals surface area contributed by atoms with Crippen molar-refractivity contribution in [3.8, 4) is 0 Å². The SMILES string of the molecule is C[C@@H](Sc1nnc(N)s1)C(=O)N1CCc2ccccc21. The molecule has 20 heavy (non-hydrogen) atoms. The number of carbonyl (C=O) groups excluding carboxylic acids is 1. The molecule has 0 saturated carbocycles. The molecule has 0 aliphatic carbocycles. The Labute approximate surface area is 125 Å². The number of fused-ring (bicyclic) bond motifs is 1. The molecule has 2 aromatic rings. The lowest BCUT2D eigenvalue weighted by molar-refractivity contribution is -0.117. The molecule has 2 N–H and O–H groups in total. The highest BCUT2D eigenvalue weighted by molar-refractivity contribution is 8.02. The summed E-state index contributed by atoms with van der Waals surface area (Å²) in [5, 5.41) is 7.94. The Hall–Kier alpha value is -1.60. The first-order valence-corrected chi connectivity index (χ1v) is 7.99. The lowest BCUT2D eigenvalue weighted by Crippen LogP contribution is -2.35. The van der Waals surface area contributed by atoms with Crippen LogP contribution >= 0.6 is 23.1 Å². The molecule has 0 saturated heterocycles. The third kappa shape index (κ3) is 2.51. The van der Waals surface area contributed by atoms with E-state index in [1.807, 2.05) is 30.0 Å². The number of thioether (sulfide) groups is 1. The average molecular weight is 306 g/mol. The lowest BCUT2D eigenvalue weighted by Gasteiger charge is -2.20. The topological polar surface area (TPSA) is 72.1 Å². The molecule has 1 aromatic heterocycles. The number of amides is 1. The molecule has 1 aliphatic rings. The number of benzene rings is 1. The summed E-state index contributed by atoms with van der Waals surface area (Å²) in [6.07, 6.45) is 0.922. The number of nitrogens with two attached hydrogens (primary N) is 1. The number of nitrogens with zero attached hydrogens (tertiary/aromatic N) is 3. The lowest BCUT2D eigenvalue weighted by atomic mass is 10.2. The van der Waals surface area contributed by atoms with E-state index in [-0.39, 0.29) is 11.2 Å². The van der Waals surface area contributed by atoms with Crippen LogP contribution in [-0.4, -0.2) is 27.9 Å². The van der Waals surface area contributed by atoms with Crippen molar-refractivity contribution in [2.45, 2.75) is 22.9 Å². The number of para-hydroxylation sites is 1. The molecule has 104 valence electrons. The molecule has 0 unspecified atom stereocenters. The molecule has 1 aliphatic heterocycles. The van der Waals surface area contributed by atoms with Gasteiger partial charge >= 0.3 is 0 Å². The molecule has 0 spiro atoms. The van der Waals surface area contributed by atoms with E-state index in [0.717, 1.165) is 23.0 Å². The van der Waals surface area contributed by atoms with Crippen LogP contribution in [0.15, 0.2) is 28.6 Å². The fraction of sp³-hybridized carbons (Fsp3) is 0.308. The number of carbonyl (C=O) groups is 1. The van der Waals surface area contributed by atoms with E-state index >= 15 is 0 Å². The van der Waals surface area contributed by atoms with Gasteiger partial charge in [-0.05, 0) is 25.0 Å². The van der Waals surface area contributed by atoms with Crippen LogP contribution in [0.4, 0.5) is 10.8 Å². The first-order valence-electron chi connectivity index (χ1n) is 6.30. The Morgan fingerprint density at radius 2 is 2.25 bits per heavy atom.